The van der Waals surface area contributed by atoms with Gasteiger partial charge in [0.1, 0.15) is 6.10 Å². The number of esters is 1. The molecule has 0 aromatic carbocycles. The standard InChI is InChI=1S/C32H42BrNO6/c1-8-10-19(3)31-16-18(2)26(39-28(36)24-23(33)11-9-14-34-24)32(31,37)27-20(17-38-30(6,7)40-27)15-21(25(31)35)22-12-13-29(22,4)5/h9,11,14-16,19,21-22,26-27,37H,8,10,12-13,17H2,1-7H3/t19-,21?,22-,26?,27?,31?,32?/m1/s1. The van der Waals surface area contributed by atoms with Crippen LogP contribution in [-0.2, 0) is 19.0 Å². The molecular formula is C32H42BrNO6. The summed E-state index contributed by atoms with van der Waals surface area (Å²) in [5.41, 5.74) is -1.73. The lowest BCUT2D eigenvalue weighted by Gasteiger charge is -2.54. The SMILES string of the molecule is CCC[C@@H](C)C12C=C(C)C(OC(=O)c3ncccc3Br)C1(O)C1OC(C)(C)OCC1=CC([C@H]1CCC1(C)C)C2=O. The van der Waals surface area contributed by atoms with Gasteiger partial charge >= 0.3 is 5.97 Å². The molecule has 2 fully saturated rings. The maximum atomic E-state index is 15.1. The number of pyridine rings is 1. The third-order valence-electron chi connectivity index (χ3n) is 9.97. The van der Waals surface area contributed by atoms with Crippen molar-refractivity contribution in [2.24, 2.45) is 28.6 Å². The number of hydrogen-bond acceptors (Lipinski definition) is 7. The van der Waals surface area contributed by atoms with Crippen LogP contribution in [0.4, 0.5) is 0 Å². The number of rotatable bonds is 6. The minimum Gasteiger partial charge on any atom is -0.450 e. The number of fused-ring (bicyclic) bond motifs is 3. The van der Waals surface area contributed by atoms with Crippen LogP contribution in [0.25, 0.3) is 0 Å². The topological polar surface area (TPSA) is 95.0 Å². The van der Waals surface area contributed by atoms with Gasteiger partial charge in [0, 0.05) is 12.1 Å². The zero-order valence-electron chi connectivity index (χ0n) is 24.6. The van der Waals surface area contributed by atoms with E-state index in [0.29, 0.717) is 16.5 Å². The summed E-state index contributed by atoms with van der Waals surface area (Å²) in [4.78, 5) is 32.8. The molecule has 1 saturated heterocycles. The van der Waals surface area contributed by atoms with Crippen molar-refractivity contribution in [1.82, 2.24) is 4.98 Å². The Morgan fingerprint density at radius 3 is 2.62 bits per heavy atom. The second-order valence-corrected chi connectivity index (χ2v) is 14.2. The highest BCUT2D eigenvalue weighted by Crippen LogP contribution is 2.62. The van der Waals surface area contributed by atoms with E-state index in [2.05, 4.69) is 41.7 Å². The molecule has 1 saturated carbocycles. The molecule has 218 valence electrons. The Morgan fingerprint density at radius 2 is 2.02 bits per heavy atom. The third-order valence-corrected chi connectivity index (χ3v) is 10.6. The molecule has 1 aromatic rings. The van der Waals surface area contributed by atoms with Gasteiger partial charge in [-0.2, -0.15) is 0 Å². The van der Waals surface area contributed by atoms with E-state index >= 15 is 4.79 Å². The fourth-order valence-corrected chi connectivity index (χ4v) is 8.15. The van der Waals surface area contributed by atoms with Crippen LogP contribution in [0.15, 0.2) is 46.1 Å². The lowest BCUT2D eigenvalue weighted by molar-refractivity contribution is -0.302. The Kier molecular flexibility index (Phi) is 7.51. The average molecular weight is 617 g/mol. The number of ether oxygens (including phenoxy) is 3. The summed E-state index contributed by atoms with van der Waals surface area (Å²) in [6.45, 7) is 14.2. The fraction of sp³-hybridized carbons (Fsp3) is 0.656. The molecule has 3 aliphatic carbocycles. The van der Waals surface area contributed by atoms with Crippen LogP contribution >= 0.6 is 15.9 Å². The van der Waals surface area contributed by atoms with Crippen molar-refractivity contribution in [2.75, 3.05) is 6.61 Å². The van der Waals surface area contributed by atoms with Crippen molar-refractivity contribution < 1.29 is 28.9 Å². The van der Waals surface area contributed by atoms with Gasteiger partial charge in [-0.3, -0.25) is 4.79 Å². The summed E-state index contributed by atoms with van der Waals surface area (Å²) in [6.07, 6.45) is 6.95. The van der Waals surface area contributed by atoms with E-state index in [1.807, 2.05) is 39.8 Å². The first-order valence-corrected chi connectivity index (χ1v) is 15.3. The van der Waals surface area contributed by atoms with Crippen molar-refractivity contribution >= 4 is 27.7 Å². The molecule has 5 unspecified atom stereocenters. The molecule has 40 heavy (non-hydrogen) atoms. The molecule has 0 radical (unpaired) electrons. The van der Waals surface area contributed by atoms with Gasteiger partial charge in [0.2, 0.25) is 0 Å². The van der Waals surface area contributed by atoms with E-state index in [1.54, 1.807) is 12.1 Å². The van der Waals surface area contributed by atoms with Crippen LogP contribution in [0, 0.1) is 28.6 Å². The van der Waals surface area contributed by atoms with E-state index in [-0.39, 0.29) is 35.3 Å². The first-order chi connectivity index (χ1) is 18.7. The largest absolute Gasteiger partial charge is 0.450 e. The molecule has 7 nitrogen and oxygen atoms in total. The first-order valence-electron chi connectivity index (χ1n) is 14.5. The Hall–Kier alpha value is -1.87. The van der Waals surface area contributed by atoms with Gasteiger partial charge in [0.15, 0.2) is 29.0 Å². The number of ketones is 1. The predicted octanol–water partition coefficient (Wildman–Crippen LogP) is 6.20. The summed E-state index contributed by atoms with van der Waals surface area (Å²) in [6, 6.07) is 3.43. The van der Waals surface area contributed by atoms with Crippen molar-refractivity contribution in [2.45, 2.75) is 97.7 Å². The smallest absolute Gasteiger partial charge is 0.358 e. The molecule has 8 heteroatoms. The quantitative estimate of drug-likeness (QED) is 0.301. The Labute approximate surface area is 245 Å². The summed E-state index contributed by atoms with van der Waals surface area (Å²) in [7, 11) is 0. The molecule has 4 aliphatic rings. The predicted molar refractivity (Wildman–Crippen MR) is 154 cm³/mol. The van der Waals surface area contributed by atoms with Crippen LogP contribution in [0.3, 0.4) is 0 Å². The van der Waals surface area contributed by atoms with Crippen molar-refractivity contribution in [3.8, 4) is 0 Å². The average Bonchev–Trinajstić information content (AvgIpc) is 3.07. The third kappa shape index (κ3) is 4.36. The minimum atomic E-state index is -1.88. The van der Waals surface area contributed by atoms with E-state index < -0.39 is 40.9 Å². The minimum absolute atomic E-state index is 0.00530. The summed E-state index contributed by atoms with van der Waals surface area (Å²) in [5, 5.41) is 13.2. The lowest BCUT2D eigenvalue weighted by Crippen LogP contribution is -2.68. The van der Waals surface area contributed by atoms with Crippen molar-refractivity contribution in [3.63, 3.8) is 0 Å². The van der Waals surface area contributed by atoms with E-state index in [9.17, 15) is 9.90 Å². The molecule has 7 atom stereocenters. The maximum Gasteiger partial charge on any atom is 0.358 e. The maximum absolute atomic E-state index is 15.1. The lowest BCUT2D eigenvalue weighted by atomic mass is 9.52. The van der Waals surface area contributed by atoms with Gasteiger partial charge in [0.25, 0.3) is 0 Å². The van der Waals surface area contributed by atoms with Crippen LogP contribution < -0.4 is 0 Å². The second-order valence-electron chi connectivity index (χ2n) is 13.3. The van der Waals surface area contributed by atoms with Crippen molar-refractivity contribution in [1.29, 1.82) is 0 Å². The van der Waals surface area contributed by atoms with Gasteiger partial charge in [-0.1, -0.05) is 46.3 Å². The van der Waals surface area contributed by atoms with Gasteiger partial charge in [-0.05, 0) is 96.5 Å². The molecule has 1 aromatic heterocycles. The number of allylic oxidation sites excluding steroid dienone is 1. The molecule has 0 amide bonds. The molecule has 2 heterocycles. The second kappa shape index (κ2) is 10.1. The highest BCUT2D eigenvalue weighted by atomic mass is 79.9. The number of halogens is 1. The summed E-state index contributed by atoms with van der Waals surface area (Å²) >= 11 is 3.39. The Balaban J connectivity index is 1.70. The first kappa shape index (κ1) is 29.6. The normalized spacial score (nSPS) is 36.8. The highest BCUT2D eigenvalue weighted by Gasteiger charge is 2.73. The Morgan fingerprint density at radius 1 is 1.30 bits per heavy atom. The van der Waals surface area contributed by atoms with Crippen LogP contribution in [0.1, 0.15) is 84.6 Å². The molecular weight excluding hydrogens is 574 g/mol. The van der Waals surface area contributed by atoms with E-state index in [0.717, 1.165) is 24.8 Å². The van der Waals surface area contributed by atoms with Crippen LogP contribution in [0.2, 0.25) is 0 Å². The highest BCUT2D eigenvalue weighted by molar-refractivity contribution is 9.10. The summed E-state index contributed by atoms with van der Waals surface area (Å²) < 4.78 is 19.3. The van der Waals surface area contributed by atoms with E-state index in [1.165, 1.54) is 6.20 Å². The molecule has 1 N–H and O–H groups in total. The van der Waals surface area contributed by atoms with Gasteiger partial charge in [-0.25, -0.2) is 9.78 Å². The number of aromatic nitrogens is 1. The zero-order valence-corrected chi connectivity index (χ0v) is 26.2. The summed E-state index contributed by atoms with van der Waals surface area (Å²) in [5.74, 6) is -2.21. The number of carbonyl (C=O) groups is 2. The molecule has 0 bridgehead atoms. The van der Waals surface area contributed by atoms with E-state index in [4.69, 9.17) is 14.2 Å². The van der Waals surface area contributed by atoms with Gasteiger partial charge in [0.05, 0.1) is 16.5 Å². The van der Waals surface area contributed by atoms with Gasteiger partial charge < -0.3 is 19.3 Å². The molecule has 0 spiro atoms. The number of Topliss-reactive ketones (excluding diaryl/α,β-unsaturated/α-hetero) is 1. The van der Waals surface area contributed by atoms with Crippen LogP contribution in [0.5, 0.6) is 0 Å². The van der Waals surface area contributed by atoms with Gasteiger partial charge in [-0.15, -0.1) is 0 Å². The number of aliphatic hydroxyl groups is 1. The monoisotopic (exact) mass is 615 g/mol. The number of carbonyl (C=O) groups excluding carboxylic acids is 2. The Bertz CT molecular complexity index is 1270. The zero-order chi connectivity index (χ0) is 29.3. The number of hydrogen-bond donors (Lipinski definition) is 1. The van der Waals surface area contributed by atoms with Crippen molar-refractivity contribution in [3.05, 3.63) is 51.8 Å². The fourth-order valence-electron chi connectivity index (χ4n) is 7.73. The molecule has 5 rings (SSSR count). The molecule has 1 aliphatic heterocycles. The van der Waals surface area contributed by atoms with Crippen LogP contribution in [-0.4, -0.2) is 52.0 Å². The number of nitrogens with zero attached hydrogens (tertiary/aromatic N) is 1.